The molecule has 0 aliphatic heterocycles. The fraction of sp³-hybridized carbons (Fsp3) is 0.875. The fourth-order valence-electron chi connectivity index (χ4n) is 1.21. The van der Waals surface area contributed by atoms with Gasteiger partial charge in [-0.2, -0.15) is 0 Å². The van der Waals surface area contributed by atoms with Crippen LogP contribution in [0.15, 0.2) is 0 Å². The summed E-state index contributed by atoms with van der Waals surface area (Å²) in [5.41, 5.74) is -0.819. The molecule has 0 atom stereocenters. The van der Waals surface area contributed by atoms with Crippen molar-refractivity contribution in [2.75, 3.05) is 12.3 Å². The third-order valence-corrected chi connectivity index (χ3v) is 3.94. The molecule has 0 saturated heterocycles. The molecule has 1 saturated carbocycles. The van der Waals surface area contributed by atoms with Gasteiger partial charge in [0, 0.05) is 6.54 Å². The summed E-state index contributed by atoms with van der Waals surface area (Å²) in [5.74, 6) is -0.848. The van der Waals surface area contributed by atoms with Gasteiger partial charge < -0.3 is 5.11 Å². The summed E-state index contributed by atoms with van der Waals surface area (Å²) in [7, 11) is -3.27. The van der Waals surface area contributed by atoms with Crippen molar-refractivity contribution in [3.63, 3.8) is 0 Å². The highest BCUT2D eigenvalue weighted by atomic mass is 32.2. The van der Waals surface area contributed by atoms with Gasteiger partial charge in [0.05, 0.1) is 11.2 Å². The molecule has 0 bridgehead atoms. The van der Waals surface area contributed by atoms with E-state index in [0.29, 0.717) is 19.3 Å². The van der Waals surface area contributed by atoms with Crippen LogP contribution in [-0.4, -0.2) is 31.8 Å². The zero-order chi connectivity index (χ0) is 10.8. The van der Waals surface area contributed by atoms with Crippen LogP contribution in [0.5, 0.6) is 0 Å². The minimum absolute atomic E-state index is 0.0324. The van der Waals surface area contributed by atoms with Crippen molar-refractivity contribution >= 4 is 16.0 Å². The largest absolute Gasteiger partial charge is 0.481 e. The van der Waals surface area contributed by atoms with E-state index < -0.39 is 21.4 Å². The lowest BCUT2D eigenvalue weighted by Crippen LogP contribution is -2.35. The van der Waals surface area contributed by atoms with Crippen LogP contribution in [0.2, 0.25) is 0 Å². The van der Waals surface area contributed by atoms with Gasteiger partial charge in [0.25, 0.3) is 0 Å². The average molecular weight is 221 g/mol. The molecule has 0 unspecified atom stereocenters. The molecule has 14 heavy (non-hydrogen) atoms. The molecule has 1 aliphatic carbocycles. The summed E-state index contributed by atoms with van der Waals surface area (Å²) in [6.45, 7) is 1.80. The number of hydrogen-bond acceptors (Lipinski definition) is 3. The Morgan fingerprint density at radius 3 is 2.43 bits per heavy atom. The molecular formula is C8H15NO4S. The SMILES string of the molecule is CCCS(=O)(=O)NCC1(C(=O)O)CC1. The van der Waals surface area contributed by atoms with Crippen LogP contribution < -0.4 is 4.72 Å². The van der Waals surface area contributed by atoms with Crippen LogP contribution in [-0.2, 0) is 14.8 Å². The zero-order valence-corrected chi connectivity index (χ0v) is 8.93. The Labute approximate surface area is 83.6 Å². The van der Waals surface area contributed by atoms with Gasteiger partial charge >= 0.3 is 5.97 Å². The number of nitrogens with one attached hydrogen (secondary N) is 1. The lowest BCUT2D eigenvalue weighted by Gasteiger charge is -2.10. The molecule has 0 heterocycles. The molecule has 1 aliphatic rings. The first-order valence-electron chi connectivity index (χ1n) is 4.63. The molecule has 0 radical (unpaired) electrons. The summed E-state index contributed by atoms with van der Waals surface area (Å²) in [6.07, 6.45) is 1.67. The molecule has 0 amide bonds. The van der Waals surface area contributed by atoms with E-state index in [1.807, 2.05) is 0 Å². The summed E-state index contributed by atoms with van der Waals surface area (Å²) >= 11 is 0. The minimum Gasteiger partial charge on any atom is -0.481 e. The first-order valence-corrected chi connectivity index (χ1v) is 6.28. The Kier molecular flexibility index (Phi) is 3.16. The number of rotatable bonds is 6. The van der Waals surface area contributed by atoms with Crippen LogP contribution >= 0.6 is 0 Å². The predicted molar refractivity (Wildman–Crippen MR) is 51.4 cm³/mol. The Hall–Kier alpha value is -0.620. The smallest absolute Gasteiger partial charge is 0.310 e. The average Bonchev–Trinajstić information content (AvgIpc) is 2.81. The predicted octanol–water partition coefficient (Wildman–Crippen LogP) is 0.181. The number of carbonyl (C=O) groups is 1. The van der Waals surface area contributed by atoms with Crippen molar-refractivity contribution in [1.82, 2.24) is 4.72 Å². The standard InChI is InChI=1S/C8H15NO4S/c1-2-5-14(12,13)9-6-8(3-4-8)7(10)11/h9H,2-6H2,1H3,(H,10,11). The highest BCUT2D eigenvalue weighted by Crippen LogP contribution is 2.45. The Morgan fingerprint density at radius 1 is 1.50 bits per heavy atom. The molecular weight excluding hydrogens is 206 g/mol. The third kappa shape index (κ3) is 2.68. The number of carboxylic acid groups (broad SMARTS) is 1. The molecule has 1 fully saturated rings. The van der Waals surface area contributed by atoms with E-state index in [4.69, 9.17) is 5.11 Å². The number of carboxylic acids is 1. The van der Waals surface area contributed by atoms with Crippen LogP contribution in [0, 0.1) is 5.41 Å². The summed E-state index contributed by atoms with van der Waals surface area (Å²) in [4.78, 5) is 10.7. The number of sulfonamides is 1. The summed E-state index contributed by atoms with van der Waals surface area (Å²) in [5, 5.41) is 8.80. The topological polar surface area (TPSA) is 83.5 Å². The Balaban J connectivity index is 2.45. The first kappa shape index (κ1) is 11.5. The second kappa shape index (κ2) is 3.86. The first-order chi connectivity index (χ1) is 6.42. The van der Waals surface area contributed by atoms with E-state index in [2.05, 4.69) is 4.72 Å². The van der Waals surface area contributed by atoms with E-state index in [1.165, 1.54) is 0 Å². The Bertz CT molecular complexity index is 318. The van der Waals surface area contributed by atoms with Crippen molar-refractivity contribution in [2.24, 2.45) is 5.41 Å². The maximum absolute atomic E-state index is 11.2. The number of hydrogen-bond donors (Lipinski definition) is 2. The Morgan fingerprint density at radius 2 is 2.07 bits per heavy atom. The monoisotopic (exact) mass is 221 g/mol. The van der Waals surface area contributed by atoms with E-state index in [-0.39, 0.29) is 12.3 Å². The van der Waals surface area contributed by atoms with Crippen molar-refractivity contribution in [1.29, 1.82) is 0 Å². The molecule has 0 aromatic heterocycles. The molecule has 0 spiro atoms. The minimum atomic E-state index is -3.27. The maximum atomic E-state index is 11.2. The highest BCUT2D eigenvalue weighted by molar-refractivity contribution is 7.89. The summed E-state index contributed by atoms with van der Waals surface area (Å²) in [6, 6.07) is 0. The van der Waals surface area contributed by atoms with Crippen molar-refractivity contribution in [2.45, 2.75) is 26.2 Å². The van der Waals surface area contributed by atoms with Crippen molar-refractivity contribution in [3.8, 4) is 0 Å². The second-order valence-electron chi connectivity index (χ2n) is 3.73. The molecule has 0 aromatic carbocycles. The molecule has 2 N–H and O–H groups in total. The van der Waals surface area contributed by atoms with Gasteiger partial charge in [-0.15, -0.1) is 0 Å². The molecule has 6 heteroatoms. The van der Waals surface area contributed by atoms with Crippen LogP contribution in [0.1, 0.15) is 26.2 Å². The molecule has 1 rings (SSSR count). The third-order valence-electron chi connectivity index (χ3n) is 2.41. The van der Waals surface area contributed by atoms with Crippen molar-refractivity contribution in [3.05, 3.63) is 0 Å². The van der Waals surface area contributed by atoms with Gasteiger partial charge in [-0.05, 0) is 19.3 Å². The van der Waals surface area contributed by atoms with Gasteiger partial charge in [-0.1, -0.05) is 6.92 Å². The summed E-state index contributed by atoms with van der Waals surface area (Å²) < 4.78 is 24.8. The number of aliphatic carboxylic acids is 1. The zero-order valence-electron chi connectivity index (χ0n) is 8.12. The quantitative estimate of drug-likeness (QED) is 0.670. The van der Waals surface area contributed by atoms with E-state index in [1.54, 1.807) is 6.92 Å². The van der Waals surface area contributed by atoms with E-state index in [9.17, 15) is 13.2 Å². The van der Waals surface area contributed by atoms with Crippen LogP contribution in [0.25, 0.3) is 0 Å². The fourth-order valence-corrected chi connectivity index (χ4v) is 2.38. The molecule has 82 valence electrons. The lowest BCUT2D eigenvalue weighted by molar-refractivity contribution is -0.142. The van der Waals surface area contributed by atoms with E-state index >= 15 is 0 Å². The lowest BCUT2D eigenvalue weighted by atomic mass is 10.1. The van der Waals surface area contributed by atoms with Crippen molar-refractivity contribution < 1.29 is 18.3 Å². The highest BCUT2D eigenvalue weighted by Gasteiger charge is 2.50. The second-order valence-corrected chi connectivity index (χ2v) is 5.65. The normalized spacial score (nSPS) is 19.2. The molecule has 0 aromatic rings. The van der Waals surface area contributed by atoms with Gasteiger partial charge in [0.2, 0.25) is 10.0 Å². The van der Waals surface area contributed by atoms with E-state index in [0.717, 1.165) is 0 Å². The van der Waals surface area contributed by atoms with Gasteiger partial charge in [-0.3, -0.25) is 4.79 Å². The van der Waals surface area contributed by atoms with Crippen LogP contribution in [0.3, 0.4) is 0 Å². The molecule has 5 nitrogen and oxygen atoms in total. The van der Waals surface area contributed by atoms with Gasteiger partial charge in [0.15, 0.2) is 0 Å². The van der Waals surface area contributed by atoms with Gasteiger partial charge in [0.1, 0.15) is 0 Å². The maximum Gasteiger partial charge on any atom is 0.310 e. The van der Waals surface area contributed by atoms with Gasteiger partial charge in [-0.25, -0.2) is 13.1 Å². The van der Waals surface area contributed by atoms with Crippen LogP contribution in [0.4, 0.5) is 0 Å².